The molecule has 0 aromatic carbocycles. The molecule has 0 aliphatic heterocycles. The van der Waals surface area contributed by atoms with Gasteiger partial charge < -0.3 is 10.6 Å². The van der Waals surface area contributed by atoms with Gasteiger partial charge in [0.05, 0.1) is 5.54 Å². The number of carbonyl (C=O) groups excluding carboxylic acids is 1. The fourth-order valence-corrected chi connectivity index (χ4v) is 2.73. The number of hydrogen-bond acceptors (Lipinski definition) is 2. The smallest absolute Gasteiger partial charge is 0.242 e. The van der Waals surface area contributed by atoms with Crippen LogP contribution in [-0.2, 0) is 4.79 Å². The van der Waals surface area contributed by atoms with Crippen LogP contribution in [0.1, 0.15) is 52.4 Å². The molecular formula is C13H26N2O. The van der Waals surface area contributed by atoms with Gasteiger partial charge in [-0.25, -0.2) is 0 Å². The van der Waals surface area contributed by atoms with Crippen molar-refractivity contribution in [3.63, 3.8) is 0 Å². The molecule has 1 atom stereocenters. The average Bonchev–Trinajstić information content (AvgIpc) is 2.69. The SMILES string of the molecule is CCCC(C)(N)C(=O)N(C)CC1CCCC1. The second-order valence-corrected chi connectivity index (χ2v) is 5.50. The molecular weight excluding hydrogens is 200 g/mol. The van der Waals surface area contributed by atoms with Crippen LogP contribution in [0.2, 0.25) is 0 Å². The maximum atomic E-state index is 12.1. The molecule has 0 saturated heterocycles. The first kappa shape index (κ1) is 13.5. The summed E-state index contributed by atoms with van der Waals surface area (Å²) in [6, 6.07) is 0. The summed E-state index contributed by atoms with van der Waals surface area (Å²) in [4.78, 5) is 14.0. The first-order valence-electron chi connectivity index (χ1n) is 6.52. The summed E-state index contributed by atoms with van der Waals surface area (Å²) in [5.41, 5.74) is 5.38. The van der Waals surface area contributed by atoms with Crippen LogP contribution in [-0.4, -0.2) is 29.9 Å². The van der Waals surface area contributed by atoms with E-state index in [0.717, 1.165) is 19.4 Å². The van der Waals surface area contributed by atoms with E-state index in [1.807, 2.05) is 18.9 Å². The molecule has 1 unspecified atom stereocenters. The first-order valence-corrected chi connectivity index (χ1v) is 6.52. The number of nitrogens with two attached hydrogens (primary N) is 1. The van der Waals surface area contributed by atoms with E-state index in [2.05, 4.69) is 6.92 Å². The highest BCUT2D eigenvalue weighted by Gasteiger charge is 2.31. The highest BCUT2D eigenvalue weighted by molar-refractivity contribution is 5.85. The van der Waals surface area contributed by atoms with Crippen LogP contribution >= 0.6 is 0 Å². The zero-order valence-electron chi connectivity index (χ0n) is 11.0. The van der Waals surface area contributed by atoms with E-state index in [1.165, 1.54) is 25.7 Å². The van der Waals surface area contributed by atoms with E-state index < -0.39 is 5.54 Å². The van der Waals surface area contributed by atoms with Gasteiger partial charge >= 0.3 is 0 Å². The quantitative estimate of drug-likeness (QED) is 0.781. The molecule has 1 aliphatic rings. The molecule has 1 amide bonds. The molecule has 1 aliphatic carbocycles. The Balaban J connectivity index is 2.45. The molecule has 0 spiro atoms. The van der Waals surface area contributed by atoms with Crippen molar-refractivity contribution in [2.24, 2.45) is 11.7 Å². The second-order valence-electron chi connectivity index (χ2n) is 5.50. The van der Waals surface area contributed by atoms with Crippen LogP contribution in [0.3, 0.4) is 0 Å². The Bertz CT molecular complexity index is 232. The van der Waals surface area contributed by atoms with Crippen molar-refractivity contribution in [1.29, 1.82) is 0 Å². The third-order valence-electron chi connectivity index (χ3n) is 3.61. The van der Waals surface area contributed by atoms with Crippen LogP contribution in [0.15, 0.2) is 0 Å². The summed E-state index contributed by atoms with van der Waals surface area (Å²) < 4.78 is 0. The van der Waals surface area contributed by atoms with E-state index in [0.29, 0.717) is 5.92 Å². The topological polar surface area (TPSA) is 46.3 Å². The molecule has 94 valence electrons. The number of hydrogen-bond donors (Lipinski definition) is 1. The van der Waals surface area contributed by atoms with Crippen molar-refractivity contribution in [3.05, 3.63) is 0 Å². The molecule has 1 fully saturated rings. The van der Waals surface area contributed by atoms with E-state index >= 15 is 0 Å². The Morgan fingerprint density at radius 1 is 1.44 bits per heavy atom. The number of likely N-dealkylation sites (N-methyl/N-ethyl adjacent to an activating group) is 1. The van der Waals surface area contributed by atoms with Gasteiger partial charge in [-0.05, 0) is 32.1 Å². The standard InChI is InChI=1S/C13H26N2O/c1-4-9-13(2,14)12(16)15(3)10-11-7-5-6-8-11/h11H,4-10,14H2,1-3H3. The first-order chi connectivity index (χ1) is 7.47. The molecule has 16 heavy (non-hydrogen) atoms. The summed E-state index contributed by atoms with van der Waals surface area (Å²) in [5.74, 6) is 0.799. The van der Waals surface area contributed by atoms with Crippen LogP contribution in [0.5, 0.6) is 0 Å². The van der Waals surface area contributed by atoms with E-state index in [1.54, 1.807) is 0 Å². The summed E-state index contributed by atoms with van der Waals surface area (Å²) >= 11 is 0. The van der Waals surface area contributed by atoms with Crippen molar-refractivity contribution < 1.29 is 4.79 Å². The number of nitrogens with zero attached hydrogens (tertiary/aromatic N) is 1. The average molecular weight is 226 g/mol. The Labute approximate surface area is 99.4 Å². The minimum Gasteiger partial charge on any atom is -0.344 e. The predicted molar refractivity (Wildman–Crippen MR) is 67.1 cm³/mol. The summed E-state index contributed by atoms with van der Waals surface area (Å²) in [5, 5.41) is 0. The van der Waals surface area contributed by atoms with Crippen LogP contribution < -0.4 is 5.73 Å². The fourth-order valence-electron chi connectivity index (χ4n) is 2.73. The lowest BCUT2D eigenvalue weighted by molar-refractivity contribution is -0.135. The van der Waals surface area contributed by atoms with E-state index in [9.17, 15) is 4.79 Å². The molecule has 3 nitrogen and oxygen atoms in total. The third kappa shape index (κ3) is 3.48. The van der Waals surface area contributed by atoms with Gasteiger partial charge in [0.25, 0.3) is 0 Å². The predicted octanol–water partition coefficient (Wildman–Crippen LogP) is 2.15. The largest absolute Gasteiger partial charge is 0.344 e. The molecule has 1 saturated carbocycles. The van der Waals surface area contributed by atoms with Crippen LogP contribution in [0, 0.1) is 5.92 Å². The zero-order chi connectivity index (χ0) is 12.2. The molecule has 0 radical (unpaired) electrons. The van der Waals surface area contributed by atoms with Gasteiger partial charge in [-0.2, -0.15) is 0 Å². The van der Waals surface area contributed by atoms with Gasteiger partial charge in [-0.15, -0.1) is 0 Å². The van der Waals surface area contributed by atoms with Crippen molar-refractivity contribution in [2.45, 2.75) is 57.9 Å². The molecule has 0 bridgehead atoms. The van der Waals surface area contributed by atoms with E-state index in [-0.39, 0.29) is 5.91 Å². The maximum absolute atomic E-state index is 12.1. The van der Waals surface area contributed by atoms with Crippen molar-refractivity contribution in [3.8, 4) is 0 Å². The number of carbonyl (C=O) groups is 1. The van der Waals surface area contributed by atoms with Crippen molar-refractivity contribution in [1.82, 2.24) is 4.90 Å². The van der Waals surface area contributed by atoms with Crippen LogP contribution in [0.4, 0.5) is 0 Å². The minimum absolute atomic E-state index is 0.0984. The van der Waals surface area contributed by atoms with E-state index in [4.69, 9.17) is 5.73 Å². The van der Waals surface area contributed by atoms with Gasteiger partial charge in [-0.1, -0.05) is 26.2 Å². The minimum atomic E-state index is -0.678. The van der Waals surface area contributed by atoms with Crippen molar-refractivity contribution in [2.75, 3.05) is 13.6 Å². The van der Waals surface area contributed by atoms with Gasteiger partial charge in [0, 0.05) is 13.6 Å². The number of amides is 1. The monoisotopic (exact) mass is 226 g/mol. The van der Waals surface area contributed by atoms with Crippen LogP contribution in [0.25, 0.3) is 0 Å². The molecule has 2 N–H and O–H groups in total. The molecule has 0 heterocycles. The Morgan fingerprint density at radius 3 is 2.50 bits per heavy atom. The highest BCUT2D eigenvalue weighted by Crippen LogP contribution is 2.25. The van der Waals surface area contributed by atoms with Crippen molar-refractivity contribution >= 4 is 5.91 Å². The van der Waals surface area contributed by atoms with Gasteiger partial charge in [0.15, 0.2) is 0 Å². The fraction of sp³-hybridized carbons (Fsp3) is 0.923. The normalized spacial score (nSPS) is 20.8. The van der Waals surface area contributed by atoms with Gasteiger partial charge in [0.1, 0.15) is 0 Å². The third-order valence-corrected chi connectivity index (χ3v) is 3.61. The molecule has 0 aromatic heterocycles. The Morgan fingerprint density at radius 2 is 2.00 bits per heavy atom. The maximum Gasteiger partial charge on any atom is 0.242 e. The number of rotatable bonds is 5. The zero-order valence-corrected chi connectivity index (χ0v) is 11.0. The molecule has 0 aromatic rings. The Kier molecular flexibility index (Phi) is 4.78. The van der Waals surface area contributed by atoms with Gasteiger partial charge in [0.2, 0.25) is 5.91 Å². The summed E-state index contributed by atoms with van der Waals surface area (Å²) in [7, 11) is 1.89. The van der Waals surface area contributed by atoms with Gasteiger partial charge in [-0.3, -0.25) is 4.79 Å². The Hall–Kier alpha value is -0.570. The highest BCUT2D eigenvalue weighted by atomic mass is 16.2. The lowest BCUT2D eigenvalue weighted by Gasteiger charge is -2.30. The lowest BCUT2D eigenvalue weighted by Crippen LogP contribution is -2.52. The second kappa shape index (κ2) is 5.67. The lowest BCUT2D eigenvalue weighted by atomic mass is 9.95. The molecule has 3 heteroatoms. The molecule has 1 rings (SSSR count). The summed E-state index contributed by atoms with van der Waals surface area (Å²) in [6.07, 6.45) is 6.90. The summed E-state index contributed by atoms with van der Waals surface area (Å²) in [6.45, 7) is 4.80.